The summed E-state index contributed by atoms with van der Waals surface area (Å²) in [4.78, 5) is 24.0. The monoisotopic (exact) mass is 591 g/mol. The van der Waals surface area contributed by atoms with Gasteiger partial charge in [-0.15, -0.1) is 0 Å². The van der Waals surface area contributed by atoms with Gasteiger partial charge in [0.25, 0.3) is 10.0 Å². The summed E-state index contributed by atoms with van der Waals surface area (Å²) in [6, 6.07) is 18.4. The second-order valence-electron chi connectivity index (χ2n) is 9.93. The Morgan fingerprint density at radius 1 is 0.952 bits per heavy atom. The van der Waals surface area contributed by atoms with E-state index in [4.69, 9.17) is 9.47 Å². The van der Waals surface area contributed by atoms with Crippen LogP contribution >= 0.6 is 0 Å². The van der Waals surface area contributed by atoms with Gasteiger partial charge in [0, 0.05) is 61.7 Å². The number of piperazine rings is 1. The lowest BCUT2D eigenvalue weighted by atomic mass is 10.1. The zero-order valence-corrected chi connectivity index (χ0v) is 24.4. The minimum atomic E-state index is -4.13. The van der Waals surface area contributed by atoms with Gasteiger partial charge >= 0.3 is 0 Å². The fraction of sp³-hybridized carbons (Fsp3) is 0.276. The normalized spacial score (nSPS) is 15.6. The van der Waals surface area contributed by atoms with Crippen LogP contribution in [-0.2, 0) is 14.8 Å². The highest BCUT2D eigenvalue weighted by atomic mass is 32.2. The number of anilines is 4. The first-order chi connectivity index (χ1) is 20.2. The number of benzene rings is 3. The van der Waals surface area contributed by atoms with Crippen LogP contribution in [0.4, 0.5) is 23.0 Å². The van der Waals surface area contributed by atoms with Crippen LogP contribution in [0.15, 0.2) is 71.6 Å². The molecule has 3 aromatic carbocycles. The molecule has 1 fully saturated rings. The van der Waals surface area contributed by atoms with Gasteiger partial charge in [0.1, 0.15) is 11.5 Å². The maximum atomic E-state index is 13.6. The van der Waals surface area contributed by atoms with Crippen LogP contribution in [0.25, 0.3) is 11.0 Å². The van der Waals surface area contributed by atoms with Gasteiger partial charge in [0.15, 0.2) is 11.6 Å². The van der Waals surface area contributed by atoms with E-state index in [9.17, 15) is 13.2 Å². The van der Waals surface area contributed by atoms with Crippen molar-refractivity contribution >= 4 is 50.0 Å². The number of rotatable bonds is 10. The zero-order chi connectivity index (χ0) is 29.7. The third-order valence-electron chi connectivity index (χ3n) is 6.73. The summed E-state index contributed by atoms with van der Waals surface area (Å²) in [7, 11) is 0.963. The summed E-state index contributed by atoms with van der Waals surface area (Å²) >= 11 is 0. The molecular weight excluding hydrogens is 558 g/mol. The number of methoxy groups -OCH3 is 2. The molecule has 1 amide bonds. The predicted molar refractivity (Wildman–Crippen MR) is 162 cm³/mol. The van der Waals surface area contributed by atoms with E-state index < -0.39 is 10.0 Å². The molecule has 12 nitrogen and oxygen atoms in total. The van der Waals surface area contributed by atoms with Crippen molar-refractivity contribution in [2.75, 3.05) is 56.3 Å². The van der Waals surface area contributed by atoms with Gasteiger partial charge in [-0.05, 0) is 37.4 Å². The van der Waals surface area contributed by atoms with Gasteiger partial charge in [0.2, 0.25) is 5.91 Å². The van der Waals surface area contributed by atoms with Gasteiger partial charge < -0.3 is 30.3 Å². The summed E-state index contributed by atoms with van der Waals surface area (Å²) in [6.07, 6.45) is 0.274. The molecule has 5 rings (SSSR count). The van der Waals surface area contributed by atoms with E-state index >= 15 is 0 Å². The molecule has 2 heterocycles. The molecule has 0 bridgehead atoms. The van der Waals surface area contributed by atoms with Crippen molar-refractivity contribution in [3.05, 3.63) is 66.7 Å². The largest absolute Gasteiger partial charge is 0.497 e. The van der Waals surface area contributed by atoms with Crippen LogP contribution in [0.5, 0.6) is 11.5 Å². The number of fused-ring (bicyclic) bond motifs is 1. The zero-order valence-electron chi connectivity index (χ0n) is 23.5. The topological polar surface area (TPSA) is 147 Å². The van der Waals surface area contributed by atoms with E-state index in [1.54, 1.807) is 48.5 Å². The molecule has 1 aliphatic heterocycles. The quantitative estimate of drug-likeness (QED) is 0.216. The Kier molecular flexibility index (Phi) is 8.71. The summed E-state index contributed by atoms with van der Waals surface area (Å²) in [5.41, 5.74) is 2.01. The van der Waals surface area contributed by atoms with Crippen molar-refractivity contribution in [3.63, 3.8) is 0 Å². The molecule has 1 saturated heterocycles. The highest BCUT2D eigenvalue weighted by Gasteiger charge is 2.22. The molecule has 4 aromatic rings. The van der Waals surface area contributed by atoms with Crippen LogP contribution in [0.3, 0.4) is 0 Å². The Labute approximate surface area is 244 Å². The Morgan fingerprint density at radius 2 is 1.64 bits per heavy atom. The number of para-hydroxylation sites is 2. The molecule has 1 aliphatic rings. The molecule has 0 radical (unpaired) electrons. The van der Waals surface area contributed by atoms with Crippen molar-refractivity contribution in [2.24, 2.45) is 0 Å². The molecule has 0 aliphatic carbocycles. The van der Waals surface area contributed by atoms with Crippen molar-refractivity contribution in [2.45, 2.75) is 17.4 Å². The highest BCUT2D eigenvalue weighted by Crippen LogP contribution is 2.31. The third-order valence-corrected chi connectivity index (χ3v) is 8.07. The number of sulfonamides is 1. The van der Waals surface area contributed by atoms with Crippen LogP contribution in [0.2, 0.25) is 0 Å². The first kappa shape index (κ1) is 29.0. The highest BCUT2D eigenvalue weighted by molar-refractivity contribution is 7.92. The SMILES string of the molecule is COc1cc(Nc2nc3ccccc3nc2NS(=O)(=O)c2cccc(NC(=O)CC3CN(C)CCN3)c2)cc(OC)c1. The van der Waals surface area contributed by atoms with Crippen LogP contribution in [0, 0.1) is 0 Å². The molecule has 1 aromatic heterocycles. The van der Waals surface area contributed by atoms with E-state index in [0.29, 0.717) is 33.9 Å². The fourth-order valence-electron chi connectivity index (χ4n) is 4.67. The molecule has 220 valence electrons. The van der Waals surface area contributed by atoms with Crippen molar-refractivity contribution in [1.29, 1.82) is 0 Å². The molecule has 0 saturated carbocycles. The minimum Gasteiger partial charge on any atom is -0.497 e. The van der Waals surface area contributed by atoms with Crippen molar-refractivity contribution in [3.8, 4) is 11.5 Å². The third kappa shape index (κ3) is 7.05. The van der Waals surface area contributed by atoms with Gasteiger partial charge in [-0.2, -0.15) is 0 Å². The first-order valence-electron chi connectivity index (χ1n) is 13.3. The average molecular weight is 592 g/mol. The summed E-state index contributed by atoms with van der Waals surface area (Å²) in [5.74, 6) is 1.06. The number of aromatic nitrogens is 2. The van der Waals surface area contributed by atoms with E-state index in [1.165, 1.54) is 26.4 Å². The Morgan fingerprint density at radius 3 is 2.31 bits per heavy atom. The van der Waals surface area contributed by atoms with Gasteiger partial charge in [-0.1, -0.05) is 18.2 Å². The van der Waals surface area contributed by atoms with E-state index in [1.807, 2.05) is 13.1 Å². The number of nitrogens with zero attached hydrogens (tertiary/aromatic N) is 3. The fourth-order valence-corrected chi connectivity index (χ4v) is 5.72. The van der Waals surface area contributed by atoms with Crippen molar-refractivity contribution < 1.29 is 22.7 Å². The minimum absolute atomic E-state index is 0.00239. The summed E-state index contributed by atoms with van der Waals surface area (Å²) in [5, 5.41) is 9.29. The number of likely N-dealkylation sites (N-methyl/N-ethyl adjacent to an activating group) is 1. The molecule has 4 N–H and O–H groups in total. The number of carbonyl (C=O) groups is 1. The molecule has 42 heavy (non-hydrogen) atoms. The van der Waals surface area contributed by atoms with Crippen molar-refractivity contribution in [1.82, 2.24) is 20.2 Å². The molecule has 0 spiro atoms. The van der Waals surface area contributed by atoms with Crippen LogP contribution in [0.1, 0.15) is 6.42 Å². The number of amides is 1. The van der Waals surface area contributed by atoms with Gasteiger partial charge in [-0.3, -0.25) is 9.52 Å². The Bertz CT molecular complexity index is 1680. The summed E-state index contributed by atoms with van der Waals surface area (Å²) in [6.45, 7) is 2.50. The van der Waals surface area contributed by atoms with E-state index in [-0.39, 0.29) is 34.9 Å². The van der Waals surface area contributed by atoms with E-state index in [0.717, 1.165) is 19.6 Å². The standard InChI is InChI=1S/C29H33N7O5S/c1-36-12-11-30-21(18-36)16-27(37)31-19-7-6-8-24(15-19)42(38,39)35-29-28(33-25-9-4-5-10-26(25)34-29)32-20-13-22(40-2)17-23(14-20)41-3/h4-10,13-15,17,21,30H,11-12,16,18H2,1-3H3,(H,31,37)(H,32,33)(H,34,35). The second-order valence-corrected chi connectivity index (χ2v) is 11.6. The van der Waals surface area contributed by atoms with Crippen LogP contribution in [-0.4, -0.2) is 76.1 Å². The molecular formula is C29H33N7O5S. The number of carbonyl (C=O) groups excluding carboxylic acids is 1. The first-order valence-corrected chi connectivity index (χ1v) is 14.8. The van der Waals surface area contributed by atoms with E-state index in [2.05, 4.69) is 35.5 Å². The average Bonchev–Trinajstić information content (AvgIpc) is 2.97. The number of ether oxygens (including phenoxy) is 2. The number of hydrogen-bond acceptors (Lipinski definition) is 10. The maximum Gasteiger partial charge on any atom is 0.263 e. The molecule has 13 heteroatoms. The number of hydrogen-bond donors (Lipinski definition) is 4. The Balaban J connectivity index is 1.40. The molecule has 1 atom stereocenters. The van der Waals surface area contributed by atoms with Crippen LogP contribution < -0.4 is 30.1 Å². The summed E-state index contributed by atoms with van der Waals surface area (Å²) < 4.78 is 40.4. The lowest BCUT2D eigenvalue weighted by Gasteiger charge is -2.30. The lowest BCUT2D eigenvalue weighted by molar-refractivity contribution is -0.116. The maximum absolute atomic E-state index is 13.6. The molecule has 1 unspecified atom stereocenters. The smallest absolute Gasteiger partial charge is 0.263 e. The number of nitrogens with one attached hydrogen (secondary N) is 4. The lowest BCUT2D eigenvalue weighted by Crippen LogP contribution is -2.50. The van der Waals surface area contributed by atoms with Gasteiger partial charge in [0.05, 0.1) is 30.1 Å². The second kappa shape index (κ2) is 12.6. The Hall–Kier alpha value is -4.46. The van der Waals surface area contributed by atoms with Gasteiger partial charge in [-0.25, -0.2) is 18.4 Å². The predicted octanol–water partition coefficient (Wildman–Crippen LogP) is 3.42.